The van der Waals surface area contributed by atoms with E-state index in [0.29, 0.717) is 0 Å². The Hall–Kier alpha value is -3.40. The number of benzene rings is 2. The van der Waals surface area contributed by atoms with Gasteiger partial charge in [0.05, 0.1) is 24.3 Å². The molecule has 0 saturated heterocycles. The number of carbonyl (C=O) groups excluding carboxylic acids is 2. The molecule has 168 valence electrons. The smallest absolute Gasteiger partial charge is 0.428 e. The SMILES string of the molecule is COC(=O)N(Cc1ccc(C)cc1C)NC(=O)c1cnn(C)c1Oc1cccc(Br)c1F. The number of nitrogens with zero attached hydrogens (tertiary/aromatic N) is 3. The van der Waals surface area contributed by atoms with Gasteiger partial charge in [0.1, 0.15) is 5.56 Å². The minimum absolute atomic E-state index is 0.0100. The van der Waals surface area contributed by atoms with E-state index in [1.165, 1.54) is 30.1 Å². The van der Waals surface area contributed by atoms with Crippen molar-refractivity contribution in [2.45, 2.75) is 20.4 Å². The van der Waals surface area contributed by atoms with E-state index in [1.54, 1.807) is 13.1 Å². The summed E-state index contributed by atoms with van der Waals surface area (Å²) < 4.78 is 26.3. The first-order valence-corrected chi connectivity index (χ1v) is 10.4. The molecule has 0 spiro atoms. The number of hydrogen-bond donors (Lipinski definition) is 1. The van der Waals surface area contributed by atoms with Crippen LogP contribution in [0.2, 0.25) is 0 Å². The highest BCUT2D eigenvalue weighted by atomic mass is 79.9. The quantitative estimate of drug-likeness (QED) is 0.511. The van der Waals surface area contributed by atoms with Crippen LogP contribution in [0.15, 0.2) is 47.1 Å². The number of methoxy groups -OCH3 is 1. The number of ether oxygens (including phenoxy) is 2. The molecule has 2 aromatic carbocycles. The van der Waals surface area contributed by atoms with E-state index in [4.69, 9.17) is 9.47 Å². The van der Waals surface area contributed by atoms with Crippen LogP contribution in [0.4, 0.5) is 9.18 Å². The third-order valence-electron chi connectivity index (χ3n) is 4.71. The predicted molar refractivity (Wildman–Crippen MR) is 119 cm³/mol. The number of amides is 2. The summed E-state index contributed by atoms with van der Waals surface area (Å²) in [6.45, 7) is 3.97. The lowest BCUT2D eigenvalue weighted by molar-refractivity contribution is 0.0688. The van der Waals surface area contributed by atoms with Gasteiger partial charge in [-0.2, -0.15) is 5.10 Å². The van der Waals surface area contributed by atoms with Gasteiger partial charge in [-0.1, -0.05) is 29.8 Å². The molecule has 0 bridgehead atoms. The molecule has 0 aliphatic rings. The normalized spacial score (nSPS) is 10.6. The Bertz CT molecular complexity index is 1160. The molecule has 0 aliphatic carbocycles. The number of hydrogen-bond acceptors (Lipinski definition) is 5. The summed E-state index contributed by atoms with van der Waals surface area (Å²) in [5, 5.41) is 5.08. The fourth-order valence-corrected chi connectivity index (χ4v) is 3.35. The van der Waals surface area contributed by atoms with E-state index in [1.807, 2.05) is 32.0 Å². The van der Waals surface area contributed by atoms with Crippen LogP contribution in [-0.2, 0) is 18.3 Å². The first kappa shape index (κ1) is 23.3. The zero-order valence-electron chi connectivity index (χ0n) is 18.0. The minimum atomic E-state index is -0.747. The summed E-state index contributed by atoms with van der Waals surface area (Å²) in [6, 6.07) is 10.3. The molecule has 0 radical (unpaired) electrons. The van der Waals surface area contributed by atoms with Crippen molar-refractivity contribution in [2.24, 2.45) is 7.05 Å². The zero-order valence-corrected chi connectivity index (χ0v) is 19.6. The van der Waals surface area contributed by atoms with E-state index < -0.39 is 17.8 Å². The van der Waals surface area contributed by atoms with Crippen LogP contribution in [0.3, 0.4) is 0 Å². The Balaban J connectivity index is 1.85. The summed E-state index contributed by atoms with van der Waals surface area (Å²) in [5.41, 5.74) is 5.41. The van der Waals surface area contributed by atoms with Crippen molar-refractivity contribution in [1.82, 2.24) is 20.2 Å². The van der Waals surface area contributed by atoms with E-state index >= 15 is 0 Å². The predicted octanol–water partition coefficient (Wildman–Crippen LogP) is 4.64. The summed E-state index contributed by atoms with van der Waals surface area (Å²) >= 11 is 3.10. The lowest BCUT2D eigenvalue weighted by Gasteiger charge is -2.23. The molecule has 1 heterocycles. The van der Waals surface area contributed by atoms with Crippen LogP contribution in [0, 0.1) is 19.7 Å². The Morgan fingerprint density at radius 1 is 1.25 bits per heavy atom. The maximum absolute atomic E-state index is 14.4. The molecule has 8 nitrogen and oxygen atoms in total. The Morgan fingerprint density at radius 3 is 2.69 bits per heavy atom. The second-order valence-corrected chi connectivity index (χ2v) is 7.92. The first-order chi connectivity index (χ1) is 15.2. The van der Waals surface area contributed by atoms with Crippen LogP contribution in [0.5, 0.6) is 11.6 Å². The lowest BCUT2D eigenvalue weighted by Crippen LogP contribution is -2.45. The Morgan fingerprint density at radius 2 is 2.00 bits per heavy atom. The van der Waals surface area contributed by atoms with Crippen molar-refractivity contribution in [3.8, 4) is 11.6 Å². The molecule has 3 aromatic rings. The fourth-order valence-electron chi connectivity index (χ4n) is 3.01. The first-order valence-electron chi connectivity index (χ1n) is 9.57. The topological polar surface area (TPSA) is 85.7 Å². The van der Waals surface area contributed by atoms with Crippen LogP contribution in [-0.4, -0.2) is 33.9 Å². The van der Waals surface area contributed by atoms with Crippen LogP contribution in [0.25, 0.3) is 0 Å². The number of aromatic nitrogens is 2. The molecule has 32 heavy (non-hydrogen) atoms. The van der Waals surface area contributed by atoms with Gasteiger partial charge in [-0.3, -0.25) is 10.2 Å². The van der Waals surface area contributed by atoms with Crippen molar-refractivity contribution < 1.29 is 23.5 Å². The summed E-state index contributed by atoms with van der Waals surface area (Å²) in [6.07, 6.45) is 0.523. The number of halogens is 2. The lowest BCUT2D eigenvalue weighted by atomic mass is 10.1. The second-order valence-electron chi connectivity index (χ2n) is 7.07. The number of aryl methyl sites for hydroxylation is 3. The number of rotatable bonds is 5. The number of nitrogens with one attached hydrogen (secondary N) is 1. The average molecular weight is 505 g/mol. The van der Waals surface area contributed by atoms with Gasteiger partial charge in [0, 0.05) is 7.05 Å². The van der Waals surface area contributed by atoms with E-state index in [2.05, 4.69) is 26.5 Å². The van der Waals surface area contributed by atoms with Gasteiger partial charge in [0.2, 0.25) is 5.88 Å². The highest BCUT2D eigenvalue weighted by Crippen LogP contribution is 2.30. The second kappa shape index (κ2) is 9.82. The summed E-state index contributed by atoms with van der Waals surface area (Å²) in [5.74, 6) is -1.36. The highest BCUT2D eigenvalue weighted by molar-refractivity contribution is 9.10. The largest absolute Gasteiger partial charge is 0.452 e. The van der Waals surface area contributed by atoms with Gasteiger partial charge >= 0.3 is 6.09 Å². The minimum Gasteiger partial charge on any atom is -0.452 e. The molecule has 0 atom stereocenters. The van der Waals surface area contributed by atoms with Crippen LogP contribution >= 0.6 is 15.9 Å². The third-order valence-corrected chi connectivity index (χ3v) is 5.32. The molecule has 1 aromatic heterocycles. The standard InChI is InChI=1S/C22H22BrFN4O4/c1-13-8-9-15(14(2)10-13)12-28(22(30)31-4)26-20(29)16-11-25-27(3)21(16)32-18-7-5-6-17(23)19(18)24/h5-11H,12H2,1-4H3,(H,26,29). The van der Waals surface area contributed by atoms with Gasteiger partial charge in [-0.15, -0.1) is 0 Å². The van der Waals surface area contributed by atoms with E-state index in [9.17, 15) is 14.0 Å². The van der Waals surface area contributed by atoms with E-state index in [0.717, 1.165) is 21.7 Å². The highest BCUT2D eigenvalue weighted by Gasteiger charge is 2.24. The van der Waals surface area contributed by atoms with Gasteiger partial charge in [-0.05, 0) is 53.0 Å². The van der Waals surface area contributed by atoms with Gasteiger partial charge in [0.15, 0.2) is 11.6 Å². The van der Waals surface area contributed by atoms with Crippen LogP contribution in [0.1, 0.15) is 27.0 Å². The van der Waals surface area contributed by atoms with Crippen molar-refractivity contribution in [3.63, 3.8) is 0 Å². The summed E-state index contributed by atoms with van der Waals surface area (Å²) in [4.78, 5) is 25.3. The van der Waals surface area contributed by atoms with Crippen molar-refractivity contribution in [1.29, 1.82) is 0 Å². The summed E-state index contributed by atoms with van der Waals surface area (Å²) in [7, 11) is 2.77. The molecule has 2 amide bonds. The number of carbonyl (C=O) groups is 2. The Kier molecular flexibility index (Phi) is 7.14. The molecule has 1 N–H and O–H groups in total. The molecule has 0 saturated carbocycles. The van der Waals surface area contributed by atoms with Crippen LogP contribution < -0.4 is 10.2 Å². The monoisotopic (exact) mass is 504 g/mol. The molecule has 3 rings (SSSR count). The van der Waals surface area contributed by atoms with Gasteiger partial charge in [0.25, 0.3) is 5.91 Å². The van der Waals surface area contributed by atoms with Gasteiger partial charge in [-0.25, -0.2) is 18.9 Å². The third kappa shape index (κ3) is 5.08. The van der Waals surface area contributed by atoms with Crippen molar-refractivity contribution in [3.05, 3.63) is 75.1 Å². The molecule has 0 aliphatic heterocycles. The maximum Gasteiger partial charge on any atom is 0.428 e. The van der Waals surface area contributed by atoms with E-state index in [-0.39, 0.29) is 28.2 Å². The maximum atomic E-state index is 14.4. The number of hydrazine groups is 1. The average Bonchev–Trinajstić information content (AvgIpc) is 3.12. The molecular formula is C22H22BrFN4O4. The van der Waals surface area contributed by atoms with Crippen molar-refractivity contribution >= 4 is 27.9 Å². The molecule has 10 heteroatoms. The molecule has 0 fully saturated rings. The molecular weight excluding hydrogens is 483 g/mol. The van der Waals surface area contributed by atoms with Gasteiger partial charge < -0.3 is 9.47 Å². The zero-order chi connectivity index (χ0) is 23.4. The molecule has 0 unspecified atom stereocenters. The fraction of sp³-hybridized carbons (Fsp3) is 0.227. The Labute approximate surface area is 193 Å². The van der Waals surface area contributed by atoms with Crippen molar-refractivity contribution in [2.75, 3.05) is 7.11 Å².